The van der Waals surface area contributed by atoms with Crippen LogP contribution in [0.2, 0.25) is 0 Å². The maximum Gasteiger partial charge on any atom is 0.231 e. The summed E-state index contributed by atoms with van der Waals surface area (Å²) in [5.74, 6) is 1.08. The number of hydrogen-bond acceptors (Lipinski definition) is 4. The maximum absolute atomic E-state index is 13.1. The van der Waals surface area contributed by atoms with E-state index in [1.165, 1.54) is 12.1 Å². The zero-order valence-corrected chi connectivity index (χ0v) is 11.9. The lowest BCUT2D eigenvalue weighted by atomic mass is 10.0. The van der Waals surface area contributed by atoms with E-state index >= 15 is 0 Å². The van der Waals surface area contributed by atoms with Gasteiger partial charge in [-0.25, -0.2) is 4.39 Å². The number of hydrogen-bond donors (Lipinski definition) is 1. The van der Waals surface area contributed by atoms with Crippen LogP contribution in [0.3, 0.4) is 0 Å². The lowest BCUT2D eigenvalue weighted by molar-refractivity contribution is 0.345. The van der Waals surface area contributed by atoms with Gasteiger partial charge in [-0.15, -0.1) is 0 Å². The number of nitrogens with zero attached hydrogens (tertiary/aromatic N) is 2. The minimum absolute atomic E-state index is 0.250. The van der Waals surface area contributed by atoms with Crippen molar-refractivity contribution in [1.82, 2.24) is 15.5 Å². The van der Waals surface area contributed by atoms with Crippen molar-refractivity contribution in [3.63, 3.8) is 0 Å². The molecule has 0 saturated carbocycles. The molecule has 1 aliphatic heterocycles. The summed E-state index contributed by atoms with van der Waals surface area (Å²) in [7, 11) is 0. The number of aromatic nitrogens is 2. The lowest BCUT2D eigenvalue weighted by Crippen LogP contribution is -2.21. The second kappa shape index (κ2) is 5.02. The van der Waals surface area contributed by atoms with Gasteiger partial charge in [0.15, 0.2) is 0 Å². The molecule has 0 spiro atoms. The van der Waals surface area contributed by atoms with Gasteiger partial charge in [-0.05, 0) is 54.0 Å². The van der Waals surface area contributed by atoms with Crippen molar-refractivity contribution in [2.75, 3.05) is 6.54 Å². The van der Waals surface area contributed by atoms with Crippen LogP contribution in [0, 0.1) is 5.82 Å². The van der Waals surface area contributed by atoms with Crippen LogP contribution >= 0.6 is 15.9 Å². The highest BCUT2D eigenvalue weighted by atomic mass is 79.9. The van der Waals surface area contributed by atoms with E-state index in [1.807, 2.05) is 0 Å². The van der Waals surface area contributed by atoms with Crippen LogP contribution in [-0.2, 0) is 0 Å². The predicted octanol–water partition coefficient (Wildman–Crippen LogP) is 3.10. The zero-order valence-electron chi connectivity index (χ0n) is 10.4. The van der Waals surface area contributed by atoms with Crippen molar-refractivity contribution < 1.29 is 8.91 Å². The van der Waals surface area contributed by atoms with E-state index in [9.17, 15) is 4.39 Å². The fourth-order valence-corrected chi connectivity index (χ4v) is 2.89. The zero-order chi connectivity index (χ0) is 13.4. The molecule has 2 atom stereocenters. The van der Waals surface area contributed by atoms with Crippen LogP contribution in [0.1, 0.15) is 25.2 Å². The third-order valence-corrected chi connectivity index (χ3v) is 4.11. The SMILES string of the molecule is CC1NCCC1c1nc(-c2ccc(F)cc2Br)no1. The lowest BCUT2D eigenvalue weighted by Gasteiger charge is -2.08. The molecule has 0 radical (unpaired) electrons. The van der Waals surface area contributed by atoms with Crippen molar-refractivity contribution >= 4 is 15.9 Å². The van der Waals surface area contributed by atoms with Crippen molar-refractivity contribution in [3.05, 3.63) is 34.4 Å². The Hall–Kier alpha value is -1.27. The fourth-order valence-electron chi connectivity index (χ4n) is 2.36. The van der Waals surface area contributed by atoms with E-state index in [1.54, 1.807) is 6.07 Å². The first-order valence-electron chi connectivity index (χ1n) is 6.17. The molecule has 1 fully saturated rings. The Morgan fingerprint density at radius 2 is 2.32 bits per heavy atom. The molecule has 19 heavy (non-hydrogen) atoms. The van der Waals surface area contributed by atoms with Crippen LogP contribution in [0.4, 0.5) is 4.39 Å². The second-order valence-electron chi connectivity index (χ2n) is 4.72. The van der Waals surface area contributed by atoms with Gasteiger partial charge in [0.05, 0.1) is 5.92 Å². The molecule has 0 amide bonds. The van der Waals surface area contributed by atoms with Crippen LogP contribution in [0.25, 0.3) is 11.4 Å². The maximum atomic E-state index is 13.1. The van der Waals surface area contributed by atoms with Gasteiger partial charge < -0.3 is 9.84 Å². The van der Waals surface area contributed by atoms with Gasteiger partial charge in [-0.1, -0.05) is 5.16 Å². The summed E-state index contributed by atoms with van der Waals surface area (Å²) in [6.07, 6.45) is 0.993. The van der Waals surface area contributed by atoms with E-state index in [0.29, 0.717) is 22.2 Å². The Kier molecular flexibility index (Phi) is 3.36. The highest BCUT2D eigenvalue weighted by Gasteiger charge is 2.29. The van der Waals surface area contributed by atoms with E-state index in [-0.39, 0.29) is 11.7 Å². The third kappa shape index (κ3) is 2.42. The molecule has 6 heteroatoms. The van der Waals surface area contributed by atoms with Gasteiger partial charge in [0.25, 0.3) is 0 Å². The molecule has 2 aromatic rings. The Balaban J connectivity index is 1.92. The van der Waals surface area contributed by atoms with Crippen molar-refractivity contribution in [2.24, 2.45) is 0 Å². The van der Waals surface area contributed by atoms with Crippen LogP contribution < -0.4 is 5.32 Å². The first-order valence-corrected chi connectivity index (χ1v) is 6.97. The van der Waals surface area contributed by atoms with Crippen LogP contribution in [-0.4, -0.2) is 22.7 Å². The Labute approximate surface area is 118 Å². The van der Waals surface area contributed by atoms with E-state index in [0.717, 1.165) is 18.5 Å². The molecule has 4 nitrogen and oxygen atoms in total. The van der Waals surface area contributed by atoms with Crippen LogP contribution in [0.5, 0.6) is 0 Å². The predicted molar refractivity (Wildman–Crippen MR) is 72.2 cm³/mol. The molecule has 1 aliphatic rings. The highest BCUT2D eigenvalue weighted by molar-refractivity contribution is 9.10. The monoisotopic (exact) mass is 325 g/mol. The van der Waals surface area contributed by atoms with E-state index < -0.39 is 0 Å². The summed E-state index contributed by atoms with van der Waals surface area (Å²) in [4.78, 5) is 4.43. The minimum Gasteiger partial charge on any atom is -0.339 e. The number of rotatable bonds is 2. The molecule has 1 aromatic carbocycles. The average molecular weight is 326 g/mol. The average Bonchev–Trinajstić information content (AvgIpc) is 2.97. The molecule has 2 heterocycles. The normalized spacial score (nSPS) is 22.9. The number of halogens is 2. The summed E-state index contributed by atoms with van der Waals surface area (Å²) in [6, 6.07) is 4.76. The molecule has 1 aromatic heterocycles. The quantitative estimate of drug-likeness (QED) is 0.921. The van der Waals surface area contributed by atoms with Gasteiger partial charge in [0.1, 0.15) is 5.82 Å². The highest BCUT2D eigenvalue weighted by Crippen LogP contribution is 2.30. The molecule has 0 bridgehead atoms. The van der Waals surface area contributed by atoms with E-state index in [2.05, 4.69) is 38.3 Å². The molecule has 2 unspecified atom stereocenters. The van der Waals surface area contributed by atoms with Gasteiger partial charge in [0, 0.05) is 16.1 Å². The molecule has 0 aliphatic carbocycles. The Morgan fingerprint density at radius 3 is 3.00 bits per heavy atom. The first kappa shape index (κ1) is 12.7. The number of benzene rings is 1. The third-order valence-electron chi connectivity index (χ3n) is 3.46. The summed E-state index contributed by atoms with van der Waals surface area (Å²) in [6.45, 7) is 3.07. The van der Waals surface area contributed by atoms with Gasteiger partial charge in [-0.2, -0.15) is 4.98 Å². The first-order chi connectivity index (χ1) is 9.15. The molecule has 100 valence electrons. The molecule has 1 saturated heterocycles. The van der Waals surface area contributed by atoms with Crippen molar-refractivity contribution in [3.8, 4) is 11.4 Å². The van der Waals surface area contributed by atoms with Gasteiger partial charge in [0.2, 0.25) is 11.7 Å². The standard InChI is InChI=1S/C13H13BrFN3O/c1-7-9(4-5-16-7)13-17-12(18-19-13)10-3-2-8(15)6-11(10)14/h2-3,6-7,9,16H,4-5H2,1H3. The smallest absolute Gasteiger partial charge is 0.231 e. The van der Waals surface area contributed by atoms with Crippen molar-refractivity contribution in [1.29, 1.82) is 0 Å². The summed E-state index contributed by atoms with van der Waals surface area (Å²) >= 11 is 3.31. The Bertz CT molecular complexity index is 601. The van der Waals surface area contributed by atoms with Crippen molar-refractivity contribution in [2.45, 2.75) is 25.3 Å². The number of nitrogens with one attached hydrogen (secondary N) is 1. The summed E-state index contributed by atoms with van der Waals surface area (Å²) in [5, 5.41) is 7.34. The molecular weight excluding hydrogens is 313 g/mol. The molecular formula is C13H13BrFN3O. The summed E-state index contributed by atoms with van der Waals surface area (Å²) in [5.41, 5.74) is 0.731. The fraction of sp³-hybridized carbons (Fsp3) is 0.385. The largest absolute Gasteiger partial charge is 0.339 e. The van der Waals surface area contributed by atoms with E-state index in [4.69, 9.17) is 4.52 Å². The topological polar surface area (TPSA) is 51.0 Å². The van der Waals surface area contributed by atoms with Gasteiger partial charge >= 0.3 is 0 Å². The summed E-state index contributed by atoms with van der Waals surface area (Å²) < 4.78 is 19.0. The Morgan fingerprint density at radius 1 is 1.47 bits per heavy atom. The minimum atomic E-state index is -0.298. The van der Waals surface area contributed by atoms with Crippen LogP contribution in [0.15, 0.2) is 27.2 Å². The molecule has 1 N–H and O–H groups in total. The van der Waals surface area contributed by atoms with Gasteiger partial charge in [-0.3, -0.25) is 0 Å². The second-order valence-corrected chi connectivity index (χ2v) is 5.57. The molecule has 3 rings (SSSR count).